The first-order chi connectivity index (χ1) is 19.7. The van der Waals surface area contributed by atoms with E-state index in [4.69, 9.17) is 9.57 Å². The van der Waals surface area contributed by atoms with Gasteiger partial charge in [-0.25, -0.2) is 28.3 Å². The summed E-state index contributed by atoms with van der Waals surface area (Å²) in [6, 6.07) is 9.93. The number of halogens is 1. The minimum Gasteiger partial charge on any atom is -0.384 e. The van der Waals surface area contributed by atoms with Crippen molar-refractivity contribution in [2.45, 2.75) is 38.0 Å². The lowest BCUT2D eigenvalue weighted by Crippen LogP contribution is -2.41. The number of rotatable bonds is 11. The average molecular weight is 606 g/mol. The van der Waals surface area contributed by atoms with Crippen LogP contribution < -0.4 is 16.1 Å². The van der Waals surface area contributed by atoms with Gasteiger partial charge in [0.15, 0.2) is 27.7 Å². The number of hydrogen-bond donors (Lipinski definition) is 3. The zero-order chi connectivity index (χ0) is 29.6. The second-order valence-electron chi connectivity index (χ2n) is 9.11. The molecule has 1 aliphatic carbocycles. The lowest BCUT2D eigenvalue weighted by molar-refractivity contribution is -0.126. The maximum Gasteiger partial charge on any atom is 0.245 e. The van der Waals surface area contributed by atoms with Gasteiger partial charge in [-0.1, -0.05) is 38.1 Å². The molecule has 41 heavy (non-hydrogen) atoms. The Morgan fingerprint density at radius 2 is 1.90 bits per heavy atom. The van der Waals surface area contributed by atoms with Crippen molar-refractivity contribution >= 4 is 49.0 Å². The Morgan fingerprint density at radius 1 is 1.20 bits per heavy atom. The molecule has 11 nitrogen and oxygen atoms in total. The number of amidine groups is 1. The third-order valence-corrected chi connectivity index (χ3v) is 9.30. The van der Waals surface area contributed by atoms with Crippen LogP contribution in [0.2, 0.25) is 0 Å². The minimum atomic E-state index is -4.07. The Kier molecular flexibility index (Phi) is 10.0. The van der Waals surface area contributed by atoms with E-state index in [-0.39, 0.29) is 36.4 Å². The first-order valence-corrected chi connectivity index (χ1v) is 15.7. The average Bonchev–Trinajstić information content (AvgIpc) is 3.43. The largest absolute Gasteiger partial charge is 0.384 e. The van der Waals surface area contributed by atoms with E-state index in [0.29, 0.717) is 21.7 Å². The number of sulfone groups is 1. The van der Waals surface area contributed by atoms with E-state index in [2.05, 4.69) is 26.1 Å². The molecular weight excluding hydrogens is 573 g/mol. The monoisotopic (exact) mass is 605 g/mol. The van der Waals surface area contributed by atoms with E-state index in [1.807, 2.05) is 13.8 Å². The molecule has 0 bridgehead atoms. The molecule has 1 atom stereocenters. The molecule has 2 aromatic carbocycles. The highest BCUT2D eigenvalue weighted by atomic mass is 32.2. The topological polar surface area (TPSA) is 148 Å². The summed E-state index contributed by atoms with van der Waals surface area (Å²) in [5.41, 5.74) is 4.59. The van der Waals surface area contributed by atoms with Crippen molar-refractivity contribution in [3.8, 4) is 11.1 Å². The third kappa shape index (κ3) is 7.44. The molecule has 14 heteroatoms. The first kappa shape index (κ1) is 30.5. The standard InChI is InChI=1S/C25H26FN5O6S2.C2H6/c1-36-8-9-39(34,35)22(24(33)27-12-21(32)29-16-6-7-16)25-30-19-11-18(26)17(10-20(19)38-25)14-2-4-15(5-3-14)23-28-13-37-31-23;1-2/h2-5,10-11,16,22H,6-9,12-13H2,1H3,(H,27,33)(H,28,31)(H,29,32);1-2H3. The second kappa shape index (κ2) is 13.5. The van der Waals surface area contributed by atoms with Crippen LogP contribution in [-0.2, 0) is 29.0 Å². The zero-order valence-corrected chi connectivity index (χ0v) is 24.5. The van der Waals surface area contributed by atoms with Crippen molar-refractivity contribution in [3.63, 3.8) is 0 Å². The summed E-state index contributed by atoms with van der Waals surface area (Å²) < 4.78 is 46.9. The van der Waals surface area contributed by atoms with Crippen molar-refractivity contribution in [1.82, 2.24) is 21.1 Å². The molecule has 5 rings (SSSR count). The van der Waals surface area contributed by atoms with Gasteiger partial charge in [0.05, 0.1) is 29.1 Å². The Labute approximate surface area is 241 Å². The van der Waals surface area contributed by atoms with Gasteiger partial charge in [0.25, 0.3) is 0 Å². The van der Waals surface area contributed by atoms with Crippen LogP contribution in [0.25, 0.3) is 21.3 Å². The van der Waals surface area contributed by atoms with Crippen LogP contribution in [0.15, 0.2) is 41.4 Å². The van der Waals surface area contributed by atoms with Gasteiger partial charge in [-0.3, -0.25) is 14.4 Å². The highest BCUT2D eigenvalue weighted by Crippen LogP contribution is 2.35. The summed E-state index contributed by atoms with van der Waals surface area (Å²) in [4.78, 5) is 38.6. The molecule has 1 saturated carbocycles. The van der Waals surface area contributed by atoms with Gasteiger partial charge >= 0.3 is 0 Å². The fourth-order valence-electron chi connectivity index (χ4n) is 4.00. The number of carbonyl (C=O) groups excluding carboxylic acids is 2. The van der Waals surface area contributed by atoms with Crippen LogP contribution >= 0.6 is 11.3 Å². The smallest absolute Gasteiger partial charge is 0.245 e. The fourth-order valence-corrected chi connectivity index (χ4v) is 6.96. The lowest BCUT2D eigenvalue weighted by Gasteiger charge is -2.15. The number of nitrogens with zero attached hydrogens (tertiary/aromatic N) is 2. The Balaban J connectivity index is 0.00000189. The zero-order valence-electron chi connectivity index (χ0n) is 22.9. The van der Waals surface area contributed by atoms with Crippen molar-refractivity contribution < 1.29 is 32.0 Å². The molecule has 1 aromatic heterocycles. The summed E-state index contributed by atoms with van der Waals surface area (Å²) in [5, 5.41) is 3.46. The maximum atomic E-state index is 15.1. The summed E-state index contributed by atoms with van der Waals surface area (Å²) >= 11 is 0.985. The van der Waals surface area contributed by atoms with Gasteiger partial charge in [-0.2, -0.15) is 0 Å². The van der Waals surface area contributed by atoms with Crippen LogP contribution in [0.4, 0.5) is 4.39 Å². The van der Waals surface area contributed by atoms with E-state index < -0.39 is 38.5 Å². The summed E-state index contributed by atoms with van der Waals surface area (Å²) in [7, 11) is -2.72. The molecular formula is C27H32FN5O6S2. The first-order valence-electron chi connectivity index (χ1n) is 13.2. The number of hydrogen-bond acceptors (Lipinski definition) is 10. The van der Waals surface area contributed by atoms with Gasteiger partial charge in [-0.15, -0.1) is 11.3 Å². The predicted molar refractivity (Wildman–Crippen MR) is 155 cm³/mol. The number of thiazole rings is 1. The van der Waals surface area contributed by atoms with E-state index >= 15 is 4.39 Å². The Bertz CT molecular complexity index is 1540. The van der Waals surface area contributed by atoms with Gasteiger partial charge < -0.3 is 15.4 Å². The fraction of sp³-hybridized carbons (Fsp3) is 0.407. The molecule has 1 fully saturated rings. The number of hydroxylamine groups is 1. The Morgan fingerprint density at radius 3 is 2.54 bits per heavy atom. The van der Waals surface area contributed by atoms with Gasteiger partial charge in [0.1, 0.15) is 10.8 Å². The van der Waals surface area contributed by atoms with E-state index in [9.17, 15) is 18.0 Å². The van der Waals surface area contributed by atoms with Crippen LogP contribution in [0.1, 0.15) is 42.5 Å². The SMILES string of the molecule is CC.COCCS(=O)(=O)C(C(=O)NCC(=O)NC1CC1)c1nc2cc(F)c(-c3ccc(C4=NCON4)cc3)cc2s1. The van der Waals surface area contributed by atoms with Crippen LogP contribution in [0.3, 0.4) is 0 Å². The molecule has 2 aliphatic rings. The number of fused-ring (bicyclic) bond motifs is 1. The summed E-state index contributed by atoms with van der Waals surface area (Å²) in [6.07, 6.45) is 1.76. The minimum absolute atomic E-state index is 0.0154. The highest BCUT2D eigenvalue weighted by Gasteiger charge is 2.37. The van der Waals surface area contributed by atoms with E-state index in [1.54, 1.807) is 30.3 Å². The Hall–Kier alpha value is -3.46. The quantitative estimate of drug-likeness (QED) is 0.302. The summed E-state index contributed by atoms with van der Waals surface area (Å²) in [6.45, 7) is 3.73. The third-order valence-electron chi connectivity index (χ3n) is 6.18. The van der Waals surface area contributed by atoms with Crippen molar-refractivity contribution in [3.05, 3.63) is 52.8 Å². The van der Waals surface area contributed by atoms with Crippen LogP contribution in [0.5, 0.6) is 0 Å². The van der Waals surface area contributed by atoms with Gasteiger partial charge in [0, 0.05) is 30.3 Å². The molecule has 220 valence electrons. The predicted octanol–water partition coefficient (Wildman–Crippen LogP) is 2.86. The number of aliphatic imine (C=N–C) groups is 1. The van der Waals surface area contributed by atoms with Gasteiger partial charge in [-0.05, 0) is 24.5 Å². The van der Waals surface area contributed by atoms with Crippen molar-refractivity contribution in [2.24, 2.45) is 4.99 Å². The molecule has 2 amide bonds. The maximum absolute atomic E-state index is 15.1. The molecule has 0 radical (unpaired) electrons. The van der Waals surface area contributed by atoms with E-state index in [0.717, 1.165) is 29.7 Å². The van der Waals surface area contributed by atoms with Gasteiger partial charge in [0.2, 0.25) is 11.8 Å². The number of aromatic nitrogens is 1. The molecule has 0 spiro atoms. The number of nitrogens with one attached hydrogen (secondary N) is 3. The number of benzene rings is 2. The second-order valence-corrected chi connectivity index (χ2v) is 12.4. The normalized spacial score (nSPS) is 15.4. The lowest BCUT2D eigenvalue weighted by atomic mass is 10.0. The molecule has 1 unspecified atom stereocenters. The number of ether oxygens (including phenoxy) is 1. The number of methoxy groups -OCH3 is 1. The van der Waals surface area contributed by atoms with Crippen LogP contribution in [0, 0.1) is 5.82 Å². The number of carbonyl (C=O) groups is 2. The molecule has 3 aromatic rings. The highest BCUT2D eigenvalue weighted by molar-refractivity contribution is 7.92. The molecule has 2 heterocycles. The van der Waals surface area contributed by atoms with Crippen LogP contribution in [-0.4, -0.2) is 69.8 Å². The van der Waals surface area contributed by atoms with E-state index in [1.165, 1.54) is 13.2 Å². The van der Waals surface area contributed by atoms with Crippen molar-refractivity contribution in [1.29, 1.82) is 0 Å². The molecule has 3 N–H and O–H groups in total. The molecule has 0 saturated heterocycles. The summed E-state index contributed by atoms with van der Waals surface area (Å²) in [5.74, 6) is -1.67. The molecule has 1 aliphatic heterocycles. The van der Waals surface area contributed by atoms with Crippen molar-refractivity contribution in [2.75, 3.05) is 32.7 Å². The number of amides is 2.